The lowest BCUT2D eigenvalue weighted by Gasteiger charge is -2.34. The van der Waals surface area contributed by atoms with Crippen molar-refractivity contribution in [2.24, 2.45) is 0 Å². The molecule has 0 spiro atoms. The number of ether oxygens (including phenoxy) is 1. The van der Waals surface area contributed by atoms with Gasteiger partial charge in [-0.3, -0.25) is 4.98 Å². The molecule has 4 aromatic rings. The van der Waals surface area contributed by atoms with Crippen LogP contribution in [0.5, 0.6) is 0 Å². The molecule has 2 heterocycles. The number of hydrogen-bond donors (Lipinski definition) is 1. The summed E-state index contributed by atoms with van der Waals surface area (Å²) in [4.78, 5) is 19.3. The molecule has 1 amide bonds. The summed E-state index contributed by atoms with van der Waals surface area (Å²) in [6.45, 7) is 7.12. The molecule has 1 saturated heterocycles. The highest BCUT2D eigenvalue weighted by Crippen LogP contribution is 2.35. The summed E-state index contributed by atoms with van der Waals surface area (Å²) in [5.74, 6) is 0.483. The Morgan fingerprint density at radius 2 is 1.76 bits per heavy atom. The lowest BCUT2D eigenvalue weighted by molar-refractivity contribution is 0.0205. The summed E-state index contributed by atoms with van der Waals surface area (Å²) >= 11 is 6.24. The number of amides is 1. The first-order chi connectivity index (χ1) is 19.7. The fourth-order valence-corrected chi connectivity index (χ4v) is 5.72. The van der Waals surface area contributed by atoms with Gasteiger partial charge in [-0.25, -0.2) is 4.79 Å². The summed E-state index contributed by atoms with van der Waals surface area (Å²) in [5.41, 5.74) is 13.1. The van der Waals surface area contributed by atoms with Gasteiger partial charge in [-0.05, 0) is 86.9 Å². The van der Waals surface area contributed by atoms with E-state index in [-0.39, 0.29) is 12.0 Å². The number of aromatic nitrogens is 1. The van der Waals surface area contributed by atoms with E-state index in [1.54, 1.807) is 6.07 Å². The minimum absolute atomic E-state index is 0.0879. The van der Waals surface area contributed by atoms with Crippen LogP contribution in [0.2, 0.25) is 5.02 Å². The Balaban J connectivity index is 1.39. The molecule has 6 heteroatoms. The zero-order valence-electron chi connectivity index (χ0n) is 24.0. The Morgan fingerprint density at radius 1 is 1.00 bits per heavy atom. The Bertz CT molecular complexity index is 1470. The lowest BCUT2D eigenvalue weighted by Crippen LogP contribution is -2.41. The molecule has 1 aliphatic rings. The van der Waals surface area contributed by atoms with Gasteiger partial charge in [0.05, 0.1) is 0 Å². The number of anilines is 1. The summed E-state index contributed by atoms with van der Waals surface area (Å²) in [5, 5.41) is 0.647. The number of likely N-dealkylation sites (tertiary alicyclic amines) is 1. The maximum absolute atomic E-state index is 12.6. The van der Waals surface area contributed by atoms with Crippen molar-refractivity contribution in [2.75, 3.05) is 18.8 Å². The second kappa shape index (κ2) is 12.4. The highest BCUT2D eigenvalue weighted by atomic mass is 35.5. The van der Waals surface area contributed by atoms with Crippen LogP contribution in [0.15, 0.2) is 91.1 Å². The van der Waals surface area contributed by atoms with Gasteiger partial charge in [0, 0.05) is 52.7 Å². The highest BCUT2D eigenvalue weighted by Gasteiger charge is 2.28. The number of hydrogen-bond acceptors (Lipinski definition) is 4. The van der Waals surface area contributed by atoms with Crippen LogP contribution in [0.25, 0.3) is 11.1 Å². The van der Waals surface area contributed by atoms with Gasteiger partial charge in [0.2, 0.25) is 0 Å². The smallest absolute Gasteiger partial charge is 0.410 e. The van der Waals surface area contributed by atoms with Crippen LogP contribution in [0.3, 0.4) is 0 Å². The molecule has 0 bridgehead atoms. The van der Waals surface area contributed by atoms with Crippen molar-refractivity contribution >= 4 is 23.4 Å². The molecular formula is C35H38ClN3O2. The molecule has 1 aromatic heterocycles. The van der Waals surface area contributed by atoms with Crippen LogP contribution in [0.4, 0.5) is 10.5 Å². The van der Waals surface area contributed by atoms with Gasteiger partial charge in [-0.15, -0.1) is 0 Å². The number of carbonyl (C=O) groups is 1. The Labute approximate surface area is 248 Å². The number of nitrogens with zero attached hydrogens (tertiary/aromatic N) is 2. The minimum Gasteiger partial charge on any atom is -0.444 e. The number of nitrogen functional groups attached to an aromatic ring is 1. The Morgan fingerprint density at radius 3 is 2.44 bits per heavy atom. The summed E-state index contributed by atoms with van der Waals surface area (Å²) in [6.07, 6.45) is 4.35. The van der Waals surface area contributed by atoms with Crippen molar-refractivity contribution in [3.05, 3.63) is 119 Å². The fraction of sp³-hybridized carbons (Fsp3) is 0.314. The van der Waals surface area contributed by atoms with Crippen LogP contribution >= 0.6 is 11.6 Å². The first-order valence-electron chi connectivity index (χ1n) is 14.3. The molecule has 212 valence electrons. The predicted octanol–water partition coefficient (Wildman–Crippen LogP) is 8.47. The van der Waals surface area contributed by atoms with E-state index in [2.05, 4.69) is 60.7 Å². The molecule has 0 saturated carbocycles. The van der Waals surface area contributed by atoms with Crippen LogP contribution < -0.4 is 5.73 Å². The Kier molecular flexibility index (Phi) is 8.65. The van der Waals surface area contributed by atoms with E-state index in [9.17, 15) is 4.79 Å². The van der Waals surface area contributed by atoms with Crippen LogP contribution in [0.1, 0.15) is 67.8 Å². The largest absolute Gasteiger partial charge is 0.444 e. The van der Waals surface area contributed by atoms with Crippen molar-refractivity contribution < 1.29 is 9.53 Å². The van der Waals surface area contributed by atoms with Gasteiger partial charge in [0.15, 0.2) is 0 Å². The molecule has 1 unspecified atom stereocenters. The third kappa shape index (κ3) is 7.28. The second-order valence-corrected chi connectivity index (χ2v) is 12.3. The number of rotatable bonds is 6. The molecule has 0 aliphatic carbocycles. The number of carbonyl (C=O) groups excluding carboxylic acids is 1. The third-order valence-electron chi connectivity index (χ3n) is 7.68. The fourth-order valence-electron chi connectivity index (χ4n) is 5.54. The molecule has 3 aromatic carbocycles. The van der Waals surface area contributed by atoms with Gasteiger partial charge in [0.25, 0.3) is 0 Å². The number of benzene rings is 3. The van der Waals surface area contributed by atoms with Gasteiger partial charge in [-0.2, -0.15) is 0 Å². The van der Waals surface area contributed by atoms with Crippen molar-refractivity contribution in [3.63, 3.8) is 0 Å². The van der Waals surface area contributed by atoms with E-state index in [4.69, 9.17) is 27.1 Å². The molecule has 1 aliphatic heterocycles. The maximum Gasteiger partial charge on any atom is 0.410 e. The average molecular weight is 568 g/mol. The molecule has 2 N–H and O–H groups in total. The monoisotopic (exact) mass is 567 g/mol. The molecule has 41 heavy (non-hydrogen) atoms. The summed E-state index contributed by atoms with van der Waals surface area (Å²) in [7, 11) is 0. The summed E-state index contributed by atoms with van der Waals surface area (Å²) in [6, 6.07) is 29.2. The van der Waals surface area contributed by atoms with E-state index in [0.717, 1.165) is 36.1 Å². The quantitative estimate of drug-likeness (QED) is 0.237. The first kappa shape index (κ1) is 28.7. The summed E-state index contributed by atoms with van der Waals surface area (Å²) < 4.78 is 5.59. The van der Waals surface area contributed by atoms with Crippen molar-refractivity contribution in [1.82, 2.24) is 9.88 Å². The average Bonchev–Trinajstić information content (AvgIpc) is 2.97. The van der Waals surface area contributed by atoms with Gasteiger partial charge in [0.1, 0.15) is 5.60 Å². The van der Waals surface area contributed by atoms with E-state index in [1.807, 2.05) is 50.1 Å². The molecule has 5 rings (SSSR count). The lowest BCUT2D eigenvalue weighted by atomic mass is 9.84. The van der Waals surface area contributed by atoms with E-state index < -0.39 is 5.60 Å². The zero-order chi connectivity index (χ0) is 29.0. The van der Waals surface area contributed by atoms with Crippen molar-refractivity contribution in [1.29, 1.82) is 0 Å². The third-order valence-corrected chi connectivity index (χ3v) is 7.92. The number of halogens is 1. The van der Waals surface area contributed by atoms with E-state index in [0.29, 0.717) is 29.7 Å². The van der Waals surface area contributed by atoms with Gasteiger partial charge >= 0.3 is 6.09 Å². The van der Waals surface area contributed by atoms with Gasteiger partial charge in [-0.1, -0.05) is 72.3 Å². The van der Waals surface area contributed by atoms with Crippen molar-refractivity contribution in [3.8, 4) is 11.1 Å². The molecule has 0 radical (unpaired) electrons. The Hall–Kier alpha value is -3.83. The van der Waals surface area contributed by atoms with Crippen LogP contribution in [-0.4, -0.2) is 34.7 Å². The molecule has 1 fully saturated rings. The standard InChI is InChI=1S/C35H38ClN3O2/c1-35(2,3)41-34(40)39-18-16-25(17-19-39)26-10-7-11-27(21-26)31(20-24-8-5-4-6-9-24)33-15-12-28(23-38-33)30-22-29(36)13-14-32(30)37/h4-15,21-23,25,31H,16-20,37H2,1-3H3. The molecule has 1 atom stereocenters. The number of piperidine rings is 1. The molecule has 5 nitrogen and oxygen atoms in total. The maximum atomic E-state index is 12.6. The second-order valence-electron chi connectivity index (χ2n) is 11.9. The highest BCUT2D eigenvalue weighted by molar-refractivity contribution is 6.31. The van der Waals surface area contributed by atoms with Gasteiger partial charge < -0.3 is 15.4 Å². The molecular weight excluding hydrogens is 530 g/mol. The first-order valence-corrected chi connectivity index (χ1v) is 14.7. The predicted molar refractivity (Wildman–Crippen MR) is 167 cm³/mol. The minimum atomic E-state index is -0.483. The SMILES string of the molecule is CC(C)(C)OC(=O)N1CCC(c2cccc(C(Cc3ccccc3)c3ccc(-c4cc(Cl)ccc4N)cn3)c2)CC1. The topological polar surface area (TPSA) is 68.5 Å². The van der Waals surface area contributed by atoms with E-state index in [1.165, 1.54) is 16.7 Å². The normalized spacial score (nSPS) is 15.0. The number of pyridine rings is 1. The van der Waals surface area contributed by atoms with E-state index >= 15 is 0 Å². The van der Waals surface area contributed by atoms with Crippen LogP contribution in [-0.2, 0) is 11.2 Å². The van der Waals surface area contributed by atoms with Crippen molar-refractivity contribution in [2.45, 2.75) is 57.5 Å². The number of nitrogens with two attached hydrogens (primary N) is 1. The zero-order valence-corrected chi connectivity index (χ0v) is 24.8. The van der Waals surface area contributed by atoms with Crippen LogP contribution in [0, 0.1) is 0 Å².